The van der Waals surface area contributed by atoms with E-state index in [2.05, 4.69) is 20.9 Å². The molecule has 15 heteroatoms. The van der Waals surface area contributed by atoms with Crippen molar-refractivity contribution in [2.75, 3.05) is 32.8 Å². The number of aliphatic hydroxyl groups excluding tert-OH is 2. The highest BCUT2D eigenvalue weighted by Crippen LogP contribution is 2.34. The number of hydrogen-bond donors (Lipinski definition) is 7. The van der Waals surface area contributed by atoms with Crippen LogP contribution in [0.1, 0.15) is 38.3 Å². The van der Waals surface area contributed by atoms with Crippen molar-refractivity contribution in [2.45, 2.75) is 32.1 Å². The molecule has 1 amide bonds. The Hall–Kier alpha value is -5.74. The average molecular weight is 721 g/mol. The fraction of sp³-hybridized carbons (Fsp3) is 0.243. The van der Waals surface area contributed by atoms with Gasteiger partial charge in [-0.05, 0) is 41.8 Å². The van der Waals surface area contributed by atoms with Crippen molar-refractivity contribution >= 4 is 35.4 Å². The standard InChI is InChI=1S/C37H38F2N4O9/c1-20-21(12-27(38)22-10-11-23(32(13-22)51-2)15-41-30(18-44)36(47)48)6-4-7-25(20)26-8-5-9-28(34(26)39)43-35(46)29-14-33(52-3)24(16-40-29)17-42-31(19-45)37(49)50/h4-14,16,30-31,41-42,44-45H,15,17-19H2,1-3H3,(H,43,46)(H,47,48)(H,49,50)/b27-12-/t30-,31-/m1/s1. The minimum absolute atomic E-state index is 0.0232. The van der Waals surface area contributed by atoms with Gasteiger partial charge in [0.05, 0.1) is 33.1 Å². The molecule has 1 heterocycles. The Balaban J connectivity index is 1.55. The van der Waals surface area contributed by atoms with Gasteiger partial charge in [0.15, 0.2) is 5.82 Å². The smallest absolute Gasteiger partial charge is 0.323 e. The third kappa shape index (κ3) is 9.32. The van der Waals surface area contributed by atoms with Crippen molar-refractivity contribution in [1.82, 2.24) is 15.6 Å². The number of aromatic nitrogens is 1. The molecule has 0 spiro atoms. The van der Waals surface area contributed by atoms with Gasteiger partial charge in [-0.25, -0.2) is 8.78 Å². The molecule has 0 radical (unpaired) electrons. The summed E-state index contributed by atoms with van der Waals surface area (Å²) in [5.41, 5.74) is 2.53. The van der Waals surface area contributed by atoms with E-state index in [9.17, 15) is 24.6 Å². The average Bonchev–Trinajstić information content (AvgIpc) is 3.13. The third-order valence-electron chi connectivity index (χ3n) is 8.19. The molecule has 3 aromatic carbocycles. The summed E-state index contributed by atoms with van der Waals surface area (Å²) >= 11 is 0. The van der Waals surface area contributed by atoms with Crippen molar-refractivity contribution in [3.63, 3.8) is 0 Å². The lowest BCUT2D eigenvalue weighted by atomic mass is 9.95. The number of nitrogens with zero attached hydrogens (tertiary/aromatic N) is 1. The van der Waals surface area contributed by atoms with Crippen molar-refractivity contribution in [1.29, 1.82) is 0 Å². The molecule has 1 aromatic heterocycles. The van der Waals surface area contributed by atoms with Gasteiger partial charge in [0, 0.05) is 47.6 Å². The maximum atomic E-state index is 16.0. The van der Waals surface area contributed by atoms with Gasteiger partial charge in [-0.2, -0.15) is 0 Å². The van der Waals surface area contributed by atoms with Crippen molar-refractivity contribution in [3.8, 4) is 22.6 Å². The van der Waals surface area contributed by atoms with Gasteiger partial charge in [0.2, 0.25) is 0 Å². The van der Waals surface area contributed by atoms with Crippen LogP contribution in [0.15, 0.2) is 66.9 Å². The normalized spacial score (nSPS) is 12.6. The number of carbonyl (C=O) groups excluding carboxylic acids is 1. The summed E-state index contributed by atoms with van der Waals surface area (Å²) in [6, 6.07) is 12.9. The number of aliphatic carboxylic acids is 2. The molecule has 0 fully saturated rings. The van der Waals surface area contributed by atoms with E-state index in [0.29, 0.717) is 33.6 Å². The molecule has 4 rings (SSSR count). The predicted octanol–water partition coefficient (Wildman–Crippen LogP) is 4.00. The minimum Gasteiger partial charge on any atom is -0.496 e. The Kier molecular flexibility index (Phi) is 13.5. The summed E-state index contributed by atoms with van der Waals surface area (Å²) < 4.78 is 42.3. The number of pyridine rings is 1. The fourth-order valence-electron chi connectivity index (χ4n) is 5.22. The van der Waals surface area contributed by atoms with Crippen LogP contribution in [0.5, 0.6) is 11.5 Å². The Bertz CT molecular complexity index is 1970. The van der Waals surface area contributed by atoms with Crippen LogP contribution >= 0.6 is 0 Å². The number of rotatable bonds is 17. The van der Waals surface area contributed by atoms with Crippen LogP contribution in [0, 0.1) is 12.7 Å². The number of anilines is 1. The SMILES string of the molecule is COc1cc(/C(F)=C/c2cccc(-c3cccc(NC(=O)c4cc(OC)c(CN[C@H](CO)C(=O)O)cn4)c3F)c2C)ccc1CN[C@H](CO)C(=O)O. The molecule has 0 aliphatic heterocycles. The van der Waals surface area contributed by atoms with Crippen molar-refractivity contribution < 1.29 is 53.1 Å². The Morgan fingerprint density at radius 3 is 2.06 bits per heavy atom. The number of carboxylic acid groups (broad SMARTS) is 2. The number of benzene rings is 3. The van der Waals surface area contributed by atoms with Crippen LogP contribution in [-0.4, -0.2) is 82.8 Å². The summed E-state index contributed by atoms with van der Waals surface area (Å²) in [5, 5.41) is 44.6. The largest absolute Gasteiger partial charge is 0.496 e. The summed E-state index contributed by atoms with van der Waals surface area (Å²) in [6.07, 6.45) is 2.60. The molecular formula is C37H38F2N4O9. The molecule has 0 saturated heterocycles. The third-order valence-corrected chi connectivity index (χ3v) is 8.19. The minimum atomic E-state index is -1.24. The van der Waals surface area contributed by atoms with Gasteiger partial charge in [0.1, 0.15) is 35.1 Å². The van der Waals surface area contributed by atoms with E-state index < -0.39 is 54.8 Å². The maximum Gasteiger partial charge on any atom is 0.323 e. The number of nitrogens with one attached hydrogen (secondary N) is 3. The van der Waals surface area contributed by atoms with E-state index in [1.165, 1.54) is 56.8 Å². The molecule has 0 saturated carbocycles. The number of carbonyl (C=O) groups is 3. The fourth-order valence-corrected chi connectivity index (χ4v) is 5.22. The second kappa shape index (κ2) is 18.0. The Morgan fingerprint density at radius 2 is 1.44 bits per heavy atom. The molecular weight excluding hydrogens is 682 g/mol. The first-order valence-electron chi connectivity index (χ1n) is 15.8. The van der Waals surface area contributed by atoms with Gasteiger partial charge in [-0.1, -0.05) is 42.5 Å². The number of carboxylic acids is 2. The highest BCUT2D eigenvalue weighted by atomic mass is 19.1. The summed E-state index contributed by atoms with van der Waals surface area (Å²) in [7, 11) is 2.75. The highest BCUT2D eigenvalue weighted by Gasteiger charge is 2.20. The van der Waals surface area contributed by atoms with E-state index in [1.807, 2.05) is 0 Å². The number of halogens is 2. The maximum absolute atomic E-state index is 16.0. The number of methoxy groups -OCH3 is 2. The molecule has 0 bridgehead atoms. The lowest BCUT2D eigenvalue weighted by Crippen LogP contribution is -2.39. The first-order chi connectivity index (χ1) is 24.9. The van der Waals surface area contributed by atoms with Gasteiger partial charge in [-0.15, -0.1) is 0 Å². The van der Waals surface area contributed by atoms with Crippen LogP contribution in [0.25, 0.3) is 23.0 Å². The van der Waals surface area contributed by atoms with Crippen molar-refractivity contribution in [3.05, 3.63) is 106 Å². The zero-order chi connectivity index (χ0) is 37.9. The molecule has 274 valence electrons. The van der Waals surface area contributed by atoms with Gasteiger partial charge in [0.25, 0.3) is 5.91 Å². The van der Waals surface area contributed by atoms with Gasteiger partial charge in [-0.3, -0.25) is 30.0 Å². The number of aliphatic hydroxyl groups is 2. The molecule has 0 aliphatic carbocycles. The number of ether oxygens (including phenoxy) is 2. The second-order valence-corrected chi connectivity index (χ2v) is 11.4. The van der Waals surface area contributed by atoms with Crippen LogP contribution in [0.2, 0.25) is 0 Å². The Morgan fingerprint density at radius 1 is 0.846 bits per heavy atom. The highest BCUT2D eigenvalue weighted by molar-refractivity contribution is 6.03. The van der Waals surface area contributed by atoms with Crippen LogP contribution in [-0.2, 0) is 22.7 Å². The zero-order valence-corrected chi connectivity index (χ0v) is 28.4. The van der Waals surface area contributed by atoms with Crippen LogP contribution in [0.3, 0.4) is 0 Å². The van der Waals surface area contributed by atoms with E-state index in [0.717, 1.165) is 0 Å². The van der Waals surface area contributed by atoms with E-state index in [-0.39, 0.29) is 41.3 Å². The van der Waals surface area contributed by atoms with Gasteiger partial charge < -0.3 is 35.2 Å². The van der Waals surface area contributed by atoms with Gasteiger partial charge >= 0.3 is 11.9 Å². The van der Waals surface area contributed by atoms with E-state index in [1.54, 1.807) is 37.3 Å². The van der Waals surface area contributed by atoms with Crippen LogP contribution < -0.4 is 25.4 Å². The molecule has 0 unspecified atom stereocenters. The lowest BCUT2D eigenvalue weighted by molar-refractivity contribution is -0.141. The summed E-state index contributed by atoms with van der Waals surface area (Å²) in [6.45, 7) is 0.493. The molecule has 52 heavy (non-hydrogen) atoms. The molecule has 4 aromatic rings. The summed E-state index contributed by atoms with van der Waals surface area (Å²) in [5.74, 6) is -4.03. The molecule has 7 N–H and O–H groups in total. The topological polar surface area (TPSA) is 200 Å². The van der Waals surface area contributed by atoms with Crippen LogP contribution in [0.4, 0.5) is 14.5 Å². The van der Waals surface area contributed by atoms with E-state index >= 15 is 8.78 Å². The Labute approximate surface area is 297 Å². The molecule has 0 aliphatic rings. The monoisotopic (exact) mass is 720 g/mol. The van der Waals surface area contributed by atoms with E-state index in [4.69, 9.17) is 19.7 Å². The lowest BCUT2D eigenvalue weighted by Gasteiger charge is -2.15. The quantitative estimate of drug-likeness (QED) is 0.0775. The second-order valence-electron chi connectivity index (χ2n) is 11.4. The molecule has 13 nitrogen and oxygen atoms in total. The zero-order valence-electron chi connectivity index (χ0n) is 28.4. The predicted molar refractivity (Wildman–Crippen MR) is 188 cm³/mol. The number of amides is 1. The molecule has 2 atom stereocenters. The first-order valence-corrected chi connectivity index (χ1v) is 15.8. The summed E-state index contributed by atoms with van der Waals surface area (Å²) in [4.78, 5) is 39.6. The first kappa shape index (κ1) is 39.1. The van der Waals surface area contributed by atoms with Crippen molar-refractivity contribution in [2.24, 2.45) is 0 Å². The number of hydrogen-bond acceptors (Lipinski definition) is 10.